The molecule has 142 valence electrons. The van der Waals surface area contributed by atoms with E-state index in [-0.39, 0.29) is 28.8 Å². The summed E-state index contributed by atoms with van der Waals surface area (Å²) in [5.41, 5.74) is 1.20. The molecule has 0 radical (unpaired) electrons. The molecule has 8 nitrogen and oxygen atoms in total. The fraction of sp³-hybridized carbons (Fsp3) is 0.368. The highest BCUT2D eigenvalue weighted by Crippen LogP contribution is 2.33. The Morgan fingerprint density at radius 1 is 1.48 bits per heavy atom. The number of carbonyl (C=O) groups is 2. The van der Waals surface area contributed by atoms with Gasteiger partial charge in [-0.2, -0.15) is 0 Å². The van der Waals surface area contributed by atoms with Crippen molar-refractivity contribution >= 4 is 23.6 Å². The van der Waals surface area contributed by atoms with E-state index in [1.807, 2.05) is 0 Å². The molecule has 0 bridgehead atoms. The molecule has 0 aromatic heterocycles. The molecule has 27 heavy (non-hydrogen) atoms. The summed E-state index contributed by atoms with van der Waals surface area (Å²) in [6, 6.07) is 5.89. The van der Waals surface area contributed by atoms with Gasteiger partial charge in [0.05, 0.1) is 35.8 Å². The van der Waals surface area contributed by atoms with Crippen LogP contribution in [-0.2, 0) is 19.1 Å². The minimum Gasteiger partial charge on any atom is -0.465 e. The van der Waals surface area contributed by atoms with Gasteiger partial charge in [-0.3, -0.25) is 14.9 Å². The van der Waals surface area contributed by atoms with Gasteiger partial charge in [0.25, 0.3) is 11.6 Å². The Kier molecular flexibility index (Phi) is 5.36. The Morgan fingerprint density at radius 2 is 2.26 bits per heavy atom. The largest absolute Gasteiger partial charge is 0.465 e. The maximum Gasteiger partial charge on any atom is 0.340 e. The van der Waals surface area contributed by atoms with Crippen molar-refractivity contribution in [3.63, 3.8) is 0 Å². The molecule has 1 fully saturated rings. The third kappa shape index (κ3) is 3.75. The van der Waals surface area contributed by atoms with Crippen LogP contribution in [0.1, 0.15) is 25.3 Å². The van der Waals surface area contributed by atoms with Crippen LogP contribution in [0.5, 0.6) is 0 Å². The maximum atomic E-state index is 13.0. The zero-order valence-corrected chi connectivity index (χ0v) is 15.1. The molecule has 1 saturated heterocycles. The van der Waals surface area contributed by atoms with Gasteiger partial charge < -0.3 is 14.4 Å². The highest BCUT2D eigenvalue weighted by molar-refractivity contribution is 6.16. The lowest BCUT2D eigenvalue weighted by Gasteiger charge is -2.21. The molecule has 3 rings (SSSR count). The molecule has 0 N–H and O–H groups in total. The Balaban J connectivity index is 1.99. The Bertz CT molecular complexity index is 852. The van der Waals surface area contributed by atoms with E-state index in [4.69, 9.17) is 9.47 Å². The summed E-state index contributed by atoms with van der Waals surface area (Å²) in [6.07, 6.45) is 3.21. The van der Waals surface area contributed by atoms with E-state index in [2.05, 4.69) is 0 Å². The van der Waals surface area contributed by atoms with Gasteiger partial charge in [0.2, 0.25) is 0 Å². The van der Waals surface area contributed by atoms with Crippen LogP contribution in [-0.4, -0.2) is 48.1 Å². The Labute approximate surface area is 156 Å². The zero-order valence-electron chi connectivity index (χ0n) is 15.1. The highest BCUT2D eigenvalue weighted by Gasteiger charge is 2.38. The molecule has 0 aliphatic carbocycles. The number of allylic oxidation sites excluding steroid dienone is 1. The average molecular weight is 372 g/mol. The number of non-ortho nitro benzene ring substituents is 1. The minimum atomic E-state index is -0.618. The number of rotatable bonds is 5. The van der Waals surface area contributed by atoms with Crippen LogP contribution in [0.25, 0.3) is 6.08 Å². The smallest absolute Gasteiger partial charge is 0.340 e. The maximum absolute atomic E-state index is 13.0. The predicted octanol–water partition coefficient (Wildman–Crippen LogP) is 2.45. The van der Waals surface area contributed by atoms with Crippen LogP contribution in [0.3, 0.4) is 0 Å². The van der Waals surface area contributed by atoms with Crippen molar-refractivity contribution in [1.82, 2.24) is 4.90 Å². The number of hydrogen-bond donors (Lipinski definition) is 0. The number of nitro groups is 1. The van der Waals surface area contributed by atoms with Gasteiger partial charge in [0, 0.05) is 24.4 Å². The van der Waals surface area contributed by atoms with Crippen molar-refractivity contribution in [2.75, 3.05) is 20.3 Å². The van der Waals surface area contributed by atoms with E-state index < -0.39 is 10.9 Å². The molecule has 2 aliphatic rings. The third-order valence-electron chi connectivity index (χ3n) is 4.70. The second-order valence-corrected chi connectivity index (χ2v) is 6.41. The van der Waals surface area contributed by atoms with Gasteiger partial charge in [0.1, 0.15) is 0 Å². The van der Waals surface area contributed by atoms with E-state index in [1.165, 1.54) is 36.3 Å². The zero-order chi connectivity index (χ0) is 19.6. The number of esters is 1. The number of amides is 1. The first-order valence-electron chi connectivity index (χ1n) is 8.61. The molecule has 0 saturated carbocycles. The molecule has 1 atom stereocenters. The highest BCUT2D eigenvalue weighted by atomic mass is 16.6. The van der Waals surface area contributed by atoms with Crippen molar-refractivity contribution < 1.29 is 24.0 Å². The number of ether oxygens (including phenoxy) is 2. The molecule has 1 aromatic carbocycles. The standard InChI is InChI=1S/C19H20N2O6/c1-12-17(19(23)26-2)16(10-13-5-3-6-14(9-13)21(24)25)18(22)20(12)11-15-7-4-8-27-15/h3,5-6,9-10,15H,4,7-8,11H2,1-2H3/b16-10-. The fourth-order valence-electron chi connectivity index (χ4n) is 3.33. The van der Waals surface area contributed by atoms with Crippen LogP contribution in [0.4, 0.5) is 5.69 Å². The third-order valence-corrected chi connectivity index (χ3v) is 4.70. The second kappa shape index (κ2) is 7.71. The Hall–Kier alpha value is -3.00. The number of methoxy groups -OCH3 is 1. The molecule has 8 heteroatoms. The molecule has 1 unspecified atom stereocenters. The van der Waals surface area contributed by atoms with E-state index in [0.717, 1.165) is 12.8 Å². The Morgan fingerprint density at radius 3 is 2.89 bits per heavy atom. The van der Waals surface area contributed by atoms with Crippen LogP contribution >= 0.6 is 0 Å². The van der Waals surface area contributed by atoms with E-state index in [1.54, 1.807) is 13.0 Å². The van der Waals surface area contributed by atoms with Gasteiger partial charge in [-0.1, -0.05) is 12.1 Å². The number of nitro benzene ring substituents is 1. The fourth-order valence-corrected chi connectivity index (χ4v) is 3.33. The molecular formula is C19H20N2O6. The number of nitrogens with zero attached hydrogens (tertiary/aromatic N) is 2. The lowest BCUT2D eigenvalue weighted by molar-refractivity contribution is -0.384. The average Bonchev–Trinajstić information content (AvgIpc) is 3.24. The summed E-state index contributed by atoms with van der Waals surface area (Å²) in [4.78, 5) is 37.3. The molecule has 1 aromatic rings. The molecule has 2 heterocycles. The topological polar surface area (TPSA) is 99.0 Å². The summed E-state index contributed by atoms with van der Waals surface area (Å²) in [7, 11) is 1.25. The summed E-state index contributed by atoms with van der Waals surface area (Å²) in [5, 5.41) is 11.0. The van der Waals surface area contributed by atoms with Crippen molar-refractivity contribution in [3.8, 4) is 0 Å². The van der Waals surface area contributed by atoms with E-state index >= 15 is 0 Å². The van der Waals surface area contributed by atoms with E-state index in [9.17, 15) is 19.7 Å². The number of hydrogen-bond acceptors (Lipinski definition) is 6. The minimum absolute atomic E-state index is 0.0695. The summed E-state index contributed by atoms with van der Waals surface area (Å²) < 4.78 is 10.4. The normalized spacial score (nSPS) is 21.3. The predicted molar refractivity (Wildman–Crippen MR) is 96.5 cm³/mol. The molecule has 2 aliphatic heterocycles. The number of carbonyl (C=O) groups excluding carboxylic acids is 2. The molecular weight excluding hydrogens is 352 g/mol. The molecule has 0 spiro atoms. The van der Waals surface area contributed by atoms with Gasteiger partial charge in [-0.15, -0.1) is 0 Å². The quantitative estimate of drug-likeness (QED) is 0.341. The van der Waals surface area contributed by atoms with E-state index in [0.29, 0.717) is 24.4 Å². The van der Waals surface area contributed by atoms with Crippen LogP contribution < -0.4 is 0 Å². The van der Waals surface area contributed by atoms with Crippen LogP contribution in [0.2, 0.25) is 0 Å². The van der Waals surface area contributed by atoms with Gasteiger partial charge in [-0.05, 0) is 31.4 Å². The molecule has 1 amide bonds. The SMILES string of the molecule is COC(=O)C1=C(C)N(CC2CCCO2)C(=O)/C1=C\c1cccc([N+](=O)[O-])c1. The van der Waals surface area contributed by atoms with Crippen molar-refractivity contribution in [3.05, 3.63) is 56.8 Å². The first-order valence-corrected chi connectivity index (χ1v) is 8.61. The van der Waals surface area contributed by atoms with Crippen LogP contribution in [0.15, 0.2) is 41.1 Å². The second-order valence-electron chi connectivity index (χ2n) is 6.41. The van der Waals surface area contributed by atoms with Gasteiger partial charge in [-0.25, -0.2) is 4.79 Å². The lowest BCUT2D eigenvalue weighted by atomic mass is 10.0. The monoisotopic (exact) mass is 372 g/mol. The summed E-state index contributed by atoms with van der Waals surface area (Å²) >= 11 is 0. The van der Waals surface area contributed by atoms with Crippen molar-refractivity contribution in [2.24, 2.45) is 0 Å². The van der Waals surface area contributed by atoms with Crippen molar-refractivity contribution in [1.29, 1.82) is 0 Å². The summed E-state index contributed by atoms with van der Waals surface area (Å²) in [5.74, 6) is -0.956. The first kappa shape index (κ1) is 18.8. The number of benzene rings is 1. The van der Waals surface area contributed by atoms with Gasteiger partial charge in [0.15, 0.2) is 0 Å². The van der Waals surface area contributed by atoms with Gasteiger partial charge >= 0.3 is 5.97 Å². The van der Waals surface area contributed by atoms with Crippen LogP contribution in [0, 0.1) is 10.1 Å². The summed E-state index contributed by atoms with van der Waals surface area (Å²) in [6.45, 7) is 2.71. The first-order chi connectivity index (χ1) is 12.9. The van der Waals surface area contributed by atoms with Crippen molar-refractivity contribution in [2.45, 2.75) is 25.9 Å². The lowest BCUT2D eigenvalue weighted by Crippen LogP contribution is -2.33.